The van der Waals surface area contributed by atoms with E-state index in [9.17, 15) is 9.59 Å². The van der Waals surface area contributed by atoms with Gasteiger partial charge < -0.3 is 14.8 Å². The Labute approximate surface area is 164 Å². The van der Waals surface area contributed by atoms with Crippen molar-refractivity contribution in [1.82, 2.24) is 5.32 Å². The average molecular weight is 474 g/mol. The molecule has 1 amide bonds. The summed E-state index contributed by atoms with van der Waals surface area (Å²) in [6.07, 6.45) is 0.673. The van der Waals surface area contributed by atoms with Crippen molar-refractivity contribution in [2.45, 2.75) is 6.42 Å². The summed E-state index contributed by atoms with van der Waals surface area (Å²) in [4.78, 5) is 23.2. The molecular weight excluding hydrogens is 457 g/mol. The van der Waals surface area contributed by atoms with Crippen LogP contribution in [0, 0.1) is 3.57 Å². The highest BCUT2D eigenvalue weighted by atomic mass is 127. The first-order valence-corrected chi connectivity index (χ1v) is 9.04. The molecule has 0 saturated carbocycles. The summed E-state index contributed by atoms with van der Waals surface area (Å²) < 4.78 is 11.2. The van der Waals surface area contributed by atoms with Gasteiger partial charge in [-0.05, 0) is 71.0 Å². The van der Waals surface area contributed by atoms with Gasteiger partial charge in [0.1, 0.15) is 5.75 Å². The van der Waals surface area contributed by atoms with E-state index in [1.54, 1.807) is 24.3 Å². The van der Waals surface area contributed by atoms with Crippen molar-refractivity contribution in [3.8, 4) is 5.75 Å². The number of benzene rings is 2. The molecule has 0 spiro atoms. The van der Waals surface area contributed by atoms with Crippen LogP contribution in [0.25, 0.3) is 0 Å². The summed E-state index contributed by atoms with van der Waals surface area (Å²) in [6, 6.07) is 14.7. The largest absolute Gasteiger partial charge is 0.482 e. The van der Waals surface area contributed by atoms with Gasteiger partial charge in [0.2, 0.25) is 0 Å². The van der Waals surface area contributed by atoms with Crippen LogP contribution in [0.3, 0.4) is 0 Å². The lowest BCUT2D eigenvalue weighted by atomic mass is 10.1. The molecule has 25 heavy (non-hydrogen) atoms. The van der Waals surface area contributed by atoms with Crippen LogP contribution >= 0.6 is 34.2 Å². The van der Waals surface area contributed by atoms with Crippen LogP contribution in [0.4, 0.5) is 0 Å². The Kier molecular flexibility index (Phi) is 8.00. The van der Waals surface area contributed by atoms with E-state index in [2.05, 4.69) is 27.9 Å². The molecule has 0 fully saturated rings. The average Bonchev–Trinajstić information content (AvgIpc) is 2.61. The van der Waals surface area contributed by atoms with Crippen molar-refractivity contribution < 1.29 is 19.1 Å². The van der Waals surface area contributed by atoms with Crippen LogP contribution in [-0.2, 0) is 20.7 Å². The van der Waals surface area contributed by atoms with Crippen LogP contribution in [0.5, 0.6) is 5.75 Å². The Morgan fingerprint density at radius 3 is 2.36 bits per heavy atom. The van der Waals surface area contributed by atoms with Crippen LogP contribution in [0.15, 0.2) is 48.5 Å². The van der Waals surface area contributed by atoms with Gasteiger partial charge in [-0.1, -0.05) is 23.7 Å². The minimum absolute atomic E-state index is 0.237. The highest BCUT2D eigenvalue weighted by Gasteiger charge is 2.08. The van der Waals surface area contributed by atoms with Crippen LogP contribution < -0.4 is 10.1 Å². The molecule has 132 valence electrons. The molecule has 0 atom stereocenters. The van der Waals surface area contributed by atoms with E-state index in [-0.39, 0.29) is 19.1 Å². The maximum absolute atomic E-state index is 11.7. The second-order valence-corrected chi connectivity index (χ2v) is 6.81. The molecule has 2 rings (SSSR count). The number of carbonyl (C=O) groups excluding carboxylic acids is 2. The topological polar surface area (TPSA) is 64.6 Å². The minimum Gasteiger partial charge on any atom is -0.482 e. The highest BCUT2D eigenvalue weighted by Crippen LogP contribution is 2.13. The third kappa shape index (κ3) is 7.74. The van der Waals surface area contributed by atoms with E-state index >= 15 is 0 Å². The van der Waals surface area contributed by atoms with E-state index in [0.29, 0.717) is 23.7 Å². The van der Waals surface area contributed by atoms with E-state index in [1.165, 1.54) is 0 Å². The number of carbonyl (C=O) groups is 2. The van der Waals surface area contributed by atoms with Crippen molar-refractivity contribution in [2.75, 3.05) is 19.8 Å². The highest BCUT2D eigenvalue weighted by molar-refractivity contribution is 14.1. The lowest BCUT2D eigenvalue weighted by Crippen LogP contribution is -2.31. The van der Waals surface area contributed by atoms with Gasteiger partial charge in [-0.2, -0.15) is 0 Å². The molecular formula is C18H17ClINO4. The molecule has 2 aromatic rings. The van der Waals surface area contributed by atoms with E-state index < -0.39 is 5.97 Å². The van der Waals surface area contributed by atoms with Gasteiger partial charge in [0.15, 0.2) is 13.2 Å². The normalized spacial score (nSPS) is 10.2. The first-order chi connectivity index (χ1) is 12.0. The van der Waals surface area contributed by atoms with Crippen molar-refractivity contribution in [1.29, 1.82) is 0 Å². The van der Waals surface area contributed by atoms with E-state index in [4.69, 9.17) is 21.1 Å². The number of nitrogens with one attached hydrogen (secondary N) is 1. The standard InChI is InChI=1S/C18H17ClINO4/c19-14-3-1-13(2-4-14)9-10-21-17(22)11-25-18(23)12-24-16-7-5-15(20)6-8-16/h1-8H,9-12H2,(H,21,22). The van der Waals surface area contributed by atoms with Gasteiger partial charge in [0.05, 0.1) is 0 Å². The molecule has 7 heteroatoms. The fourth-order valence-electron chi connectivity index (χ4n) is 1.91. The predicted octanol–water partition coefficient (Wildman–Crippen LogP) is 3.23. The van der Waals surface area contributed by atoms with Crippen molar-refractivity contribution >= 4 is 46.1 Å². The molecule has 0 aliphatic rings. The van der Waals surface area contributed by atoms with Crippen LogP contribution in [0.1, 0.15) is 5.56 Å². The number of rotatable bonds is 8. The zero-order valence-electron chi connectivity index (χ0n) is 13.3. The molecule has 0 unspecified atom stereocenters. The van der Waals surface area contributed by atoms with Crippen molar-refractivity contribution in [3.05, 3.63) is 62.7 Å². The molecule has 5 nitrogen and oxygen atoms in total. The number of ether oxygens (including phenoxy) is 2. The second-order valence-electron chi connectivity index (χ2n) is 5.13. The van der Waals surface area contributed by atoms with Crippen LogP contribution in [0.2, 0.25) is 5.02 Å². The number of amides is 1. The van der Waals surface area contributed by atoms with Gasteiger partial charge in [0, 0.05) is 15.1 Å². The van der Waals surface area contributed by atoms with Crippen molar-refractivity contribution in [3.63, 3.8) is 0 Å². The molecule has 1 N–H and O–H groups in total. The Morgan fingerprint density at radius 1 is 1.00 bits per heavy atom. The number of hydrogen-bond acceptors (Lipinski definition) is 4. The summed E-state index contributed by atoms with van der Waals surface area (Å²) in [6.45, 7) is -0.106. The Hall–Kier alpha value is -1.80. The van der Waals surface area contributed by atoms with Gasteiger partial charge in [-0.25, -0.2) is 4.79 Å². The molecule has 0 radical (unpaired) electrons. The second kappa shape index (κ2) is 10.2. The number of esters is 1. The third-order valence-corrected chi connectivity index (χ3v) is 4.15. The first-order valence-electron chi connectivity index (χ1n) is 7.58. The first kappa shape index (κ1) is 19.5. The summed E-state index contributed by atoms with van der Waals surface area (Å²) in [7, 11) is 0. The monoisotopic (exact) mass is 473 g/mol. The van der Waals surface area contributed by atoms with Crippen molar-refractivity contribution in [2.24, 2.45) is 0 Å². The van der Waals surface area contributed by atoms with E-state index in [0.717, 1.165) is 9.13 Å². The Balaban J connectivity index is 1.59. The zero-order valence-corrected chi connectivity index (χ0v) is 16.2. The van der Waals surface area contributed by atoms with Gasteiger partial charge in [-0.3, -0.25) is 4.79 Å². The summed E-state index contributed by atoms with van der Waals surface area (Å²) in [5.41, 5.74) is 1.06. The molecule has 0 saturated heterocycles. The fourth-order valence-corrected chi connectivity index (χ4v) is 2.39. The third-order valence-electron chi connectivity index (χ3n) is 3.18. The Morgan fingerprint density at radius 2 is 1.68 bits per heavy atom. The zero-order chi connectivity index (χ0) is 18.1. The summed E-state index contributed by atoms with van der Waals surface area (Å²) >= 11 is 7.99. The fraction of sp³-hybridized carbons (Fsp3) is 0.222. The molecule has 2 aromatic carbocycles. The van der Waals surface area contributed by atoms with Gasteiger partial charge >= 0.3 is 5.97 Å². The number of hydrogen-bond donors (Lipinski definition) is 1. The minimum atomic E-state index is -0.591. The number of halogens is 2. The summed E-state index contributed by atoms with van der Waals surface area (Å²) in [5, 5.41) is 3.36. The van der Waals surface area contributed by atoms with Gasteiger partial charge in [0.25, 0.3) is 5.91 Å². The van der Waals surface area contributed by atoms with Gasteiger partial charge in [-0.15, -0.1) is 0 Å². The molecule has 0 bridgehead atoms. The maximum Gasteiger partial charge on any atom is 0.344 e. The molecule has 0 heterocycles. The molecule has 0 aliphatic heterocycles. The maximum atomic E-state index is 11.7. The lowest BCUT2D eigenvalue weighted by molar-refractivity contribution is -0.150. The lowest BCUT2D eigenvalue weighted by Gasteiger charge is -2.08. The van der Waals surface area contributed by atoms with E-state index in [1.807, 2.05) is 24.3 Å². The summed E-state index contributed by atoms with van der Waals surface area (Å²) in [5.74, 6) is -0.368. The molecule has 0 aromatic heterocycles. The molecule has 0 aliphatic carbocycles. The van der Waals surface area contributed by atoms with Crippen LogP contribution in [-0.4, -0.2) is 31.6 Å². The predicted molar refractivity (Wildman–Crippen MR) is 104 cm³/mol. The Bertz CT molecular complexity index is 704. The SMILES string of the molecule is O=C(COC(=O)COc1ccc(I)cc1)NCCc1ccc(Cl)cc1. The smallest absolute Gasteiger partial charge is 0.344 e. The quantitative estimate of drug-likeness (QED) is 0.472.